The minimum atomic E-state index is -0.698. The fourth-order valence-corrected chi connectivity index (χ4v) is 1.93. The summed E-state index contributed by atoms with van der Waals surface area (Å²) in [4.78, 5) is 0. The second-order valence-electron chi connectivity index (χ2n) is 4.46. The smallest absolute Gasteiger partial charge is 0.119 e. The third-order valence-electron chi connectivity index (χ3n) is 2.82. The molecule has 0 aliphatic rings. The lowest BCUT2D eigenvalue weighted by Crippen LogP contribution is -2.26. The number of hydrogen-bond acceptors (Lipinski definition) is 4. The number of aliphatic hydroxyl groups excluding tert-OH is 1. The van der Waals surface area contributed by atoms with Crippen molar-refractivity contribution < 1.29 is 9.84 Å². The van der Waals surface area contributed by atoms with Crippen molar-refractivity contribution in [2.24, 2.45) is 0 Å². The largest absolute Gasteiger partial charge is 0.491 e. The van der Waals surface area contributed by atoms with Gasteiger partial charge in [0.25, 0.3) is 0 Å². The minimum absolute atomic E-state index is 0.166. The Bertz CT molecular complexity index is 626. The predicted molar refractivity (Wildman–Crippen MR) is 82.6 cm³/mol. The molecule has 0 aliphatic carbocycles. The molecule has 0 bridgehead atoms. The van der Waals surface area contributed by atoms with E-state index in [1.807, 2.05) is 30.3 Å². The van der Waals surface area contributed by atoms with Crippen molar-refractivity contribution in [3.05, 3.63) is 59.1 Å². The molecule has 0 aliphatic heterocycles. The van der Waals surface area contributed by atoms with Gasteiger partial charge < -0.3 is 15.2 Å². The standard InChI is InChI=1S/C16H15ClN2O2/c17-13-7-6-12(9-18)16(8-13)19-10-14(20)11-21-15-4-2-1-3-5-15/h1-8,14,19-20H,10-11H2. The molecule has 2 aromatic rings. The van der Waals surface area contributed by atoms with Gasteiger partial charge >= 0.3 is 0 Å². The molecule has 0 radical (unpaired) electrons. The summed E-state index contributed by atoms with van der Waals surface area (Å²) in [5.41, 5.74) is 1.08. The number of para-hydroxylation sites is 1. The quantitative estimate of drug-likeness (QED) is 0.860. The third-order valence-corrected chi connectivity index (χ3v) is 3.05. The van der Waals surface area contributed by atoms with Crippen LogP contribution in [0, 0.1) is 11.3 Å². The Balaban J connectivity index is 1.85. The van der Waals surface area contributed by atoms with Crippen molar-refractivity contribution in [1.29, 1.82) is 5.26 Å². The third kappa shape index (κ3) is 4.67. The van der Waals surface area contributed by atoms with E-state index in [4.69, 9.17) is 21.6 Å². The SMILES string of the molecule is N#Cc1ccc(Cl)cc1NCC(O)COc1ccccc1. The van der Waals surface area contributed by atoms with Gasteiger partial charge in [-0.15, -0.1) is 0 Å². The summed E-state index contributed by atoms with van der Waals surface area (Å²) in [6, 6.07) is 16.3. The molecule has 1 atom stereocenters. The Kier molecular flexibility index (Phi) is 5.44. The molecule has 0 aromatic heterocycles. The Labute approximate surface area is 128 Å². The van der Waals surface area contributed by atoms with E-state index in [0.717, 1.165) is 0 Å². The Morgan fingerprint density at radius 3 is 2.71 bits per heavy atom. The highest BCUT2D eigenvalue weighted by Crippen LogP contribution is 2.20. The van der Waals surface area contributed by atoms with Gasteiger partial charge in [-0.05, 0) is 30.3 Å². The fourth-order valence-electron chi connectivity index (χ4n) is 1.76. The van der Waals surface area contributed by atoms with E-state index in [-0.39, 0.29) is 13.2 Å². The number of rotatable bonds is 6. The molecule has 108 valence electrons. The van der Waals surface area contributed by atoms with Gasteiger partial charge in [-0.1, -0.05) is 29.8 Å². The van der Waals surface area contributed by atoms with Gasteiger partial charge in [0, 0.05) is 11.6 Å². The van der Waals surface area contributed by atoms with Gasteiger partial charge in [-0.3, -0.25) is 0 Å². The number of halogens is 1. The van der Waals surface area contributed by atoms with Crippen molar-refractivity contribution in [1.82, 2.24) is 0 Å². The second-order valence-corrected chi connectivity index (χ2v) is 4.90. The monoisotopic (exact) mass is 302 g/mol. The average Bonchev–Trinajstić information content (AvgIpc) is 2.52. The van der Waals surface area contributed by atoms with Crippen LogP contribution < -0.4 is 10.1 Å². The van der Waals surface area contributed by atoms with Crippen LogP contribution in [-0.4, -0.2) is 24.4 Å². The summed E-state index contributed by atoms with van der Waals surface area (Å²) in [5.74, 6) is 0.706. The highest BCUT2D eigenvalue weighted by atomic mass is 35.5. The maximum Gasteiger partial charge on any atom is 0.119 e. The van der Waals surface area contributed by atoms with Crippen molar-refractivity contribution in [2.45, 2.75) is 6.10 Å². The fraction of sp³-hybridized carbons (Fsp3) is 0.188. The highest BCUT2D eigenvalue weighted by molar-refractivity contribution is 6.30. The topological polar surface area (TPSA) is 65.3 Å². The first-order valence-electron chi connectivity index (χ1n) is 6.48. The van der Waals surface area contributed by atoms with Crippen LogP contribution in [0.3, 0.4) is 0 Å². The Hall–Kier alpha value is -2.22. The molecule has 0 amide bonds. The van der Waals surface area contributed by atoms with E-state index in [0.29, 0.717) is 22.0 Å². The molecule has 1 unspecified atom stereocenters. The van der Waals surface area contributed by atoms with E-state index in [2.05, 4.69) is 11.4 Å². The maximum absolute atomic E-state index is 9.90. The number of nitriles is 1. The van der Waals surface area contributed by atoms with E-state index < -0.39 is 6.10 Å². The molecule has 0 spiro atoms. The number of nitrogens with zero attached hydrogens (tertiary/aromatic N) is 1. The molecule has 2 rings (SSSR count). The summed E-state index contributed by atoms with van der Waals surface area (Å²) < 4.78 is 5.46. The van der Waals surface area contributed by atoms with Gasteiger partial charge in [0.2, 0.25) is 0 Å². The molecule has 5 heteroatoms. The molecular weight excluding hydrogens is 288 g/mol. The van der Waals surface area contributed by atoms with Crippen LogP contribution in [0.25, 0.3) is 0 Å². The minimum Gasteiger partial charge on any atom is -0.491 e. The predicted octanol–water partition coefficient (Wildman–Crippen LogP) is 3.06. The molecule has 0 saturated carbocycles. The zero-order valence-corrected chi connectivity index (χ0v) is 12.0. The summed E-state index contributed by atoms with van der Waals surface area (Å²) in [6.45, 7) is 0.432. The zero-order valence-electron chi connectivity index (χ0n) is 11.3. The highest BCUT2D eigenvalue weighted by Gasteiger charge is 2.08. The van der Waals surface area contributed by atoms with Crippen LogP contribution in [0.2, 0.25) is 5.02 Å². The summed E-state index contributed by atoms with van der Waals surface area (Å²) in [7, 11) is 0. The number of ether oxygens (including phenoxy) is 1. The van der Waals surface area contributed by atoms with E-state index in [9.17, 15) is 5.11 Å². The number of hydrogen-bond donors (Lipinski definition) is 2. The van der Waals surface area contributed by atoms with Crippen LogP contribution in [0.5, 0.6) is 5.75 Å². The number of aliphatic hydroxyl groups is 1. The van der Waals surface area contributed by atoms with Crippen LogP contribution in [0.1, 0.15) is 5.56 Å². The van der Waals surface area contributed by atoms with E-state index in [1.165, 1.54) is 0 Å². The van der Waals surface area contributed by atoms with Crippen LogP contribution >= 0.6 is 11.6 Å². The Morgan fingerprint density at radius 2 is 2.00 bits per heavy atom. The maximum atomic E-state index is 9.90. The first kappa shape index (κ1) is 15.2. The molecule has 2 N–H and O–H groups in total. The lowest BCUT2D eigenvalue weighted by molar-refractivity contribution is 0.117. The van der Waals surface area contributed by atoms with Gasteiger partial charge in [0.05, 0.1) is 11.3 Å². The van der Waals surface area contributed by atoms with Gasteiger partial charge in [0.1, 0.15) is 24.5 Å². The van der Waals surface area contributed by atoms with E-state index >= 15 is 0 Å². The summed E-state index contributed by atoms with van der Waals surface area (Å²) >= 11 is 5.89. The Morgan fingerprint density at radius 1 is 1.24 bits per heavy atom. The zero-order chi connectivity index (χ0) is 15.1. The van der Waals surface area contributed by atoms with Crippen LogP contribution in [-0.2, 0) is 0 Å². The average molecular weight is 303 g/mol. The lowest BCUT2D eigenvalue weighted by atomic mass is 10.2. The molecule has 0 fully saturated rings. The lowest BCUT2D eigenvalue weighted by Gasteiger charge is -2.15. The van der Waals surface area contributed by atoms with Crippen molar-refractivity contribution in [3.63, 3.8) is 0 Å². The number of benzene rings is 2. The second kappa shape index (κ2) is 7.53. The van der Waals surface area contributed by atoms with Crippen molar-refractivity contribution in [2.75, 3.05) is 18.5 Å². The number of anilines is 1. The van der Waals surface area contributed by atoms with Gasteiger partial charge in [-0.25, -0.2) is 0 Å². The van der Waals surface area contributed by atoms with Crippen molar-refractivity contribution in [3.8, 4) is 11.8 Å². The van der Waals surface area contributed by atoms with Gasteiger partial charge in [-0.2, -0.15) is 5.26 Å². The normalized spacial score (nSPS) is 11.5. The molecular formula is C16H15ClN2O2. The summed E-state index contributed by atoms with van der Waals surface area (Å²) in [5, 5.41) is 22.4. The molecule has 0 heterocycles. The number of nitrogens with one attached hydrogen (secondary N) is 1. The van der Waals surface area contributed by atoms with Crippen LogP contribution in [0.4, 0.5) is 5.69 Å². The molecule has 2 aromatic carbocycles. The first-order chi connectivity index (χ1) is 10.2. The van der Waals surface area contributed by atoms with E-state index in [1.54, 1.807) is 18.2 Å². The van der Waals surface area contributed by atoms with Gasteiger partial charge in [0.15, 0.2) is 0 Å². The molecule has 21 heavy (non-hydrogen) atoms. The molecule has 0 saturated heterocycles. The molecule has 4 nitrogen and oxygen atoms in total. The first-order valence-corrected chi connectivity index (χ1v) is 6.86. The summed E-state index contributed by atoms with van der Waals surface area (Å²) in [6.07, 6.45) is -0.698. The van der Waals surface area contributed by atoms with Crippen molar-refractivity contribution >= 4 is 17.3 Å². The van der Waals surface area contributed by atoms with Crippen LogP contribution in [0.15, 0.2) is 48.5 Å².